The van der Waals surface area contributed by atoms with E-state index in [9.17, 15) is 4.79 Å². The van der Waals surface area contributed by atoms with Crippen molar-refractivity contribution in [1.29, 1.82) is 0 Å². The first-order valence-electron chi connectivity index (χ1n) is 8.69. The molecule has 0 unspecified atom stereocenters. The topological polar surface area (TPSA) is 58.4 Å². The molecule has 2 aromatic heterocycles. The molecule has 5 nitrogen and oxygen atoms in total. The van der Waals surface area contributed by atoms with Crippen LogP contribution >= 0.6 is 36.2 Å². The molecular weight excluding hydrogens is 393 g/mol. The van der Waals surface area contributed by atoms with Gasteiger partial charge in [-0.1, -0.05) is 0 Å². The number of thiazole rings is 1. The van der Waals surface area contributed by atoms with Crippen molar-refractivity contribution in [1.82, 2.24) is 15.2 Å². The molecule has 2 fully saturated rings. The lowest BCUT2D eigenvalue weighted by atomic mass is 9.92. The Morgan fingerprint density at radius 2 is 1.96 bits per heavy atom. The normalized spacial score (nSPS) is 22.1. The monoisotopic (exact) mass is 417 g/mol. The van der Waals surface area contributed by atoms with Crippen LogP contribution in [0.15, 0.2) is 21.9 Å². The van der Waals surface area contributed by atoms with E-state index in [0.29, 0.717) is 6.42 Å². The van der Waals surface area contributed by atoms with Crippen molar-refractivity contribution >= 4 is 42.1 Å². The van der Waals surface area contributed by atoms with E-state index in [2.05, 4.69) is 10.3 Å². The van der Waals surface area contributed by atoms with Gasteiger partial charge in [-0.2, -0.15) is 0 Å². The van der Waals surface area contributed by atoms with Crippen LogP contribution in [0.25, 0.3) is 10.8 Å². The van der Waals surface area contributed by atoms with Gasteiger partial charge >= 0.3 is 0 Å². The minimum atomic E-state index is 0. The summed E-state index contributed by atoms with van der Waals surface area (Å²) < 4.78 is 5.61. The highest BCUT2D eigenvalue weighted by atomic mass is 35.5. The molecule has 1 amide bonds. The minimum absolute atomic E-state index is 0. The SMILES string of the molecule is Cc1ccc(-c2nc(CC(=O)N3CC[C@@H]4CNC[C@@H]4CC3)cs2)o1.Cl.Cl. The third-order valence-corrected chi connectivity index (χ3v) is 6.11. The molecule has 2 saturated heterocycles. The Bertz CT molecular complexity index is 720. The number of carbonyl (C=O) groups is 1. The molecule has 2 atom stereocenters. The number of nitrogens with one attached hydrogen (secondary N) is 1. The lowest BCUT2D eigenvalue weighted by Crippen LogP contribution is -2.34. The van der Waals surface area contributed by atoms with Gasteiger partial charge in [0.2, 0.25) is 5.91 Å². The molecule has 4 heterocycles. The number of nitrogens with zero attached hydrogens (tertiary/aromatic N) is 2. The van der Waals surface area contributed by atoms with E-state index in [1.54, 1.807) is 0 Å². The molecule has 26 heavy (non-hydrogen) atoms. The third kappa shape index (κ3) is 4.60. The van der Waals surface area contributed by atoms with Crippen molar-refractivity contribution in [3.8, 4) is 10.8 Å². The molecule has 8 heteroatoms. The van der Waals surface area contributed by atoms with Crippen molar-refractivity contribution in [2.75, 3.05) is 26.2 Å². The van der Waals surface area contributed by atoms with Gasteiger partial charge in [0.25, 0.3) is 0 Å². The van der Waals surface area contributed by atoms with Gasteiger partial charge in [-0.05, 0) is 56.8 Å². The van der Waals surface area contributed by atoms with Crippen LogP contribution in [0.3, 0.4) is 0 Å². The molecular formula is C18H25Cl2N3O2S. The number of carbonyl (C=O) groups excluding carboxylic acids is 1. The second kappa shape index (κ2) is 9.22. The van der Waals surface area contributed by atoms with E-state index in [4.69, 9.17) is 4.42 Å². The van der Waals surface area contributed by atoms with E-state index in [-0.39, 0.29) is 30.7 Å². The summed E-state index contributed by atoms with van der Waals surface area (Å²) in [6, 6.07) is 3.87. The van der Waals surface area contributed by atoms with Crippen LogP contribution in [-0.4, -0.2) is 42.0 Å². The predicted octanol–water partition coefficient (Wildman–Crippen LogP) is 3.56. The molecule has 0 spiro atoms. The first kappa shape index (κ1) is 21.2. The molecule has 1 N–H and O–H groups in total. The summed E-state index contributed by atoms with van der Waals surface area (Å²) in [6.07, 6.45) is 2.64. The van der Waals surface area contributed by atoms with Crippen LogP contribution in [0.4, 0.5) is 0 Å². The maximum Gasteiger partial charge on any atom is 0.228 e. The Labute approximate surface area is 170 Å². The number of halogens is 2. The Balaban J connectivity index is 0.00000121. The first-order chi connectivity index (χ1) is 11.7. The highest BCUT2D eigenvalue weighted by Gasteiger charge is 2.31. The number of aromatic nitrogens is 1. The smallest absolute Gasteiger partial charge is 0.228 e. The van der Waals surface area contributed by atoms with Gasteiger partial charge in [-0.15, -0.1) is 36.2 Å². The summed E-state index contributed by atoms with van der Waals surface area (Å²) in [7, 11) is 0. The van der Waals surface area contributed by atoms with Gasteiger partial charge in [0, 0.05) is 18.5 Å². The average molecular weight is 418 g/mol. The number of rotatable bonds is 3. The number of aryl methyl sites for hydroxylation is 1. The standard InChI is InChI=1S/C18H23N3O2S.2ClH/c1-12-2-3-16(23-12)18-20-15(11-24-18)8-17(22)21-6-4-13-9-19-10-14(13)5-7-21;;/h2-3,11,13-14,19H,4-10H2,1H3;2*1H/t13-,14+;;. The quantitative estimate of drug-likeness (QED) is 0.828. The second-order valence-corrected chi connectivity index (χ2v) is 7.73. The molecule has 0 aromatic carbocycles. The fraction of sp³-hybridized carbons (Fsp3) is 0.556. The van der Waals surface area contributed by atoms with E-state index in [1.165, 1.54) is 11.3 Å². The first-order valence-corrected chi connectivity index (χ1v) is 9.57. The molecule has 144 valence electrons. The Kier molecular flexibility index (Phi) is 7.52. The second-order valence-electron chi connectivity index (χ2n) is 6.87. The highest BCUT2D eigenvalue weighted by molar-refractivity contribution is 7.13. The number of hydrogen-bond donors (Lipinski definition) is 1. The van der Waals surface area contributed by atoms with Crippen molar-refractivity contribution in [2.45, 2.75) is 26.2 Å². The lowest BCUT2D eigenvalue weighted by Gasteiger charge is -2.20. The lowest BCUT2D eigenvalue weighted by molar-refractivity contribution is -0.130. The molecule has 2 aliphatic heterocycles. The minimum Gasteiger partial charge on any atom is -0.459 e. The number of furan rings is 1. The fourth-order valence-electron chi connectivity index (χ4n) is 3.79. The van der Waals surface area contributed by atoms with Crippen LogP contribution in [0.1, 0.15) is 24.3 Å². The maximum atomic E-state index is 12.6. The average Bonchev–Trinajstić information content (AvgIpc) is 3.27. The number of likely N-dealkylation sites (tertiary alicyclic amines) is 1. The summed E-state index contributed by atoms with van der Waals surface area (Å²) in [5.74, 6) is 3.36. The van der Waals surface area contributed by atoms with Gasteiger partial charge in [0.1, 0.15) is 5.76 Å². The van der Waals surface area contributed by atoms with Gasteiger partial charge in [-0.25, -0.2) is 4.98 Å². The van der Waals surface area contributed by atoms with Crippen molar-refractivity contribution in [2.24, 2.45) is 11.8 Å². The van der Waals surface area contributed by atoms with Crippen molar-refractivity contribution in [3.05, 3.63) is 29.0 Å². The summed E-state index contributed by atoms with van der Waals surface area (Å²) in [5.41, 5.74) is 0.847. The van der Waals surface area contributed by atoms with E-state index < -0.39 is 0 Å². The fourth-order valence-corrected chi connectivity index (χ4v) is 4.56. The molecule has 0 radical (unpaired) electrons. The predicted molar refractivity (Wildman–Crippen MR) is 108 cm³/mol. The van der Waals surface area contributed by atoms with E-state index >= 15 is 0 Å². The Hall–Kier alpha value is -1.08. The zero-order valence-electron chi connectivity index (χ0n) is 14.8. The van der Waals surface area contributed by atoms with Gasteiger partial charge < -0.3 is 14.6 Å². The zero-order valence-corrected chi connectivity index (χ0v) is 17.2. The number of amides is 1. The van der Waals surface area contributed by atoms with Gasteiger partial charge in [-0.3, -0.25) is 4.79 Å². The maximum absolute atomic E-state index is 12.6. The van der Waals surface area contributed by atoms with Gasteiger partial charge in [0.05, 0.1) is 12.1 Å². The third-order valence-electron chi connectivity index (χ3n) is 5.21. The Morgan fingerprint density at radius 3 is 2.58 bits per heavy atom. The summed E-state index contributed by atoms with van der Waals surface area (Å²) in [4.78, 5) is 19.3. The van der Waals surface area contributed by atoms with E-state index in [1.807, 2.05) is 29.3 Å². The summed E-state index contributed by atoms with van der Waals surface area (Å²) in [5, 5.41) is 6.30. The highest BCUT2D eigenvalue weighted by Crippen LogP contribution is 2.28. The molecule has 0 aliphatic carbocycles. The molecule has 0 saturated carbocycles. The molecule has 0 bridgehead atoms. The largest absolute Gasteiger partial charge is 0.459 e. The van der Waals surface area contributed by atoms with Crippen molar-refractivity contribution in [3.63, 3.8) is 0 Å². The molecule has 2 aromatic rings. The van der Waals surface area contributed by atoms with E-state index in [0.717, 1.165) is 73.1 Å². The Morgan fingerprint density at radius 1 is 1.27 bits per heavy atom. The number of hydrogen-bond acceptors (Lipinski definition) is 5. The van der Waals surface area contributed by atoms with Crippen molar-refractivity contribution < 1.29 is 9.21 Å². The molecule has 4 rings (SSSR count). The summed E-state index contributed by atoms with van der Waals surface area (Å²) in [6.45, 7) is 5.92. The van der Waals surface area contributed by atoms with Crippen LogP contribution in [0.2, 0.25) is 0 Å². The van der Waals surface area contributed by atoms with Crippen LogP contribution in [0, 0.1) is 18.8 Å². The summed E-state index contributed by atoms with van der Waals surface area (Å²) >= 11 is 1.54. The van der Waals surface area contributed by atoms with Gasteiger partial charge in [0.15, 0.2) is 10.8 Å². The van der Waals surface area contributed by atoms with Crippen LogP contribution in [0.5, 0.6) is 0 Å². The zero-order chi connectivity index (χ0) is 16.5. The van der Waals surface area contributed by atoms with Crippen LogP contribution < -0.4 is 5.32 Å². The van der Waals surface area contributed by atoms with Crippen LogP contribution in [-0.2, 0) is 11.2 Å². The molecule has 2 aliphatic rings. The number of fused-ring (bicyclic) bond motifs is 1.